The molecule has 2 N–H and O–H groups in total. The Hall–Kier alpha value is -0.980. The largest absolute Gasteiger partial charge is 0.385 e. The summed E-state index contributed by atoms with van der Waals surface area (Å²) in [6.45, 7) is 8.36. The van der Waals surface area contributed by atoms with E-state index < -0.39 is 0 Å². The lowest BCUT2D eigenvalue weighted by Crippen LogP contribution is -2.40. The highest BCUT2D eigenvalue weighted by atomic mass is 127. The molecule has 1 aromatic rings. The molecule has 0 saturated carbocycles. The van der Waals surface area contributed by atoms with Gasteiger partial charge in [0.25, 0.3) is 0 Å². The molecule has 0 radical (unpaired) electrons. The van der Waals surface area contributed by atoms with E-state index in [9.17, 15) is 0 Å². The van der Waals surface area contributed by atoms with E-state index in [1.54, 1.807) is 14.2 Å². The monoisotopic (exact) mass is 484 g/mol. The van der Waals surface area contributed by atoms with Gasteiger partial charge in [-0.1, -0.05) is 5.16 Å². The Morgan fingerprint density at radius 2 is 2.12 bits per heavy atom. The Kier molecular flexibility index (Phi) is 14.5. The average Bonchev–Trinajstić information content (AvgIpc) is 3.07. The summed E-state index contributed by atoms with van der Waals surface area (Å²) >= 11 is 0. The summed E-state index contributed by atoms with van der Waals surface area (Å²) in [5.74, 6) is 1.75. The molecule has 0 aliphatic carbocycles. The number of hydrogen-bond donors (Lipinski definition) is 2. The summed E-state index contributed by atoms with van der Waals surface area (Å²) in [4.78, 5) is 10.8. The zero-order chi connectivity index (χ0) is 18.5. The molecule has 0 aromatic carbocycles. The summed E-state index contributed by atoms with van der Waals surface area (Å²) in [7, 11) is 5.54. The third-order valence-electron chi connectivity index (χ3n) is 3.57. The van der Waals surface area contributed by atoms with Crippen LogP contribution < -0.4 is 10.6 Å². The van der Waals surface area contributed by atoms with Crippen molar-refractivity contribution in [1.82, 2.24) is 25.7 Å². The van der Waals surface area contributed by atoms with Crippen LogP contribution in [-0.4, -0.2) is 75.1 Å². The van der Waals surface area contributed by atoms with Gasteiger partial charge in [0.2, 0.25) is 5.89 Å². The number of nitrogens with zero attached hydrogens (tertiary/aromatic N) is 4. The lowest BCUT2D eigenvalue weighted by molar-refractivity contribution is 0.0683. The Bertz CT molecular complexity index is 500. The van der Waals surface area contributed by atoms with Crippen molar-refractivity contribution >= 4 is 29.9 Å². The Labute approximate surface area is 173 Å². The second kappa shape index (κ2) is 15.1. The first-order valence-corrected chi connectivity index (χ1v) is 8.66. The number of guanidine groups is 1. The number of methoxy groups -OCH3 is 1. The summed E-state index contributed by atoms with van der Waals surface area (Å²) in [6, 6.07) is 0. The maximum atomic E-state index is 5.44. The van der Waals surface area contributed by atoms with Crippen LogP contribution in [0, 0.1) is 0 Å². The van der Waals surface area contributed by atoms with E-state index >= 15 is 0 Å². The second-order valence-corrected chi connectivity index (χ2v) is 5.65. The lowest BCUT2D eigenvalue weighted by Gasteiger charge is -2.17. The average molecular weight is 484 g/mol. The number of ether oxygens (including phenoxy) is 2. The molecule has 1 heterocycles. The summed E-state index contributed by atoms with van der Waals surface area (Å²) in [6.07, 6.45) is 0.855. The van der Waals surface area contributed by atoms with Crippen LogP contribution in [0.4, 0.5) is 0 Å². The third-order valence-corrected chi connectivity index (χ3v) is 3.57. The molecular formula is C16H33IN6O3. The van der Waals surface area contributed by atoms with Crippen LogP contribution in [0.2, 0.25) is 0 Å². The first-order chi connectivity index (χ1) is 12.1. The number of aromatic nitrogens is 2. The van der Waals surface area contributed by atoms with Gasteiger partial charge in [-0.3, -0.25) is 4.99 Å². The molecule has 0 amide bonds. The molecule has 0 fully saturated rings. The van der Waals surface area contributed by atoms with Crippen LogP contribution in [-0.2, 0) is 16.0 Å². The standard InChI is InChI=1S/C16H32N6O3.HI/c1-6-24-13(2)15-20-14(25-21-15)12-19-16(17-3)18-8-10-22(4)9-7-11-23-5;/h13H,6-12H2,1-5H3,(H2,17,18,19);1H. The zero-order valence-electron chi connectivity index (χ0n) is 16.4. The van der Waals surface area contributed by atoms with Gasteiger partial charge < -0.3 is 29.5 Å². The van der Waals surface area contributed by atoms with Crippen LogP contribution in [0.25, 0.3) is 0 Å². The minimum atomic E-state index is -0.173. The molecule has 26 heavy (non-hydrogen) atoms. The van der Waals surface area contributed by atoms with Crippen molar-refractivity contribution in [3.63, 3.8) is 0 Å². The zero-order valence-corrected chi connectivity index (χ0v) is 18.8. The van der Waals surface area contributed by atoms with E-state index in [0.717, 1.165) is 32.7 Å². The number of halogens is 1. The van der Waals surface area contributed by atoms with Crippen molar-refractivity contribution in [2.75, 3.05) is 54.1 Å². The molecule has 0 saturated heterocycles. The van der Waals surface area contributed by atoms with E-state index in [1.165, 1.54) is 0 Å². The first-order valence-electron chi connectivity index (χ1n) is 8.66. The van der Waals surface area contributed by atoms with Crippen molar-refractivity contribution in [3.8, 4) is 0 Å². The molecule has 152 valence electrons. The predicted octanol–water partition coefficient (Wildman–Crippen LogP) is 1.42. The first kappa shape index (κ1) is 25.0. The van der Waals surface area contributed by atoms with Crippen molar-refractivity contribution in [3.05, 3.63) is 11.7 Å². The van der Waals surface area contributed by atoms with Gasteiger partial charge in [-0.2, -0.15) is 4.98 Å². The van der Waals surface area contributed by atoms with Gasteiger partial charge in [0.15, 0.2) is 11.8 Å². The fourth-order valence-corrected chi connectivity index (χ4v) is 2.17. The minimum Gasteiger partial charge on any atom is -0.385 e. The van der Waals surface area contributed by atoms with E-state index in [-0.39, 0.29) is 30.1 Å². The van der Waals surface area contributed by atoms with Crippen molar-refractivity contribution < 1.29 is 14.0 Å². The Morgan fingerprint density at radius 1 is 1.35 bits per heavy atom. The summed E-state index contributed by atoms with van der Waals surface area (Å²) in [5, 5.41) is 10.4. The Balaban J connectivity index is 0.00000625. The van der Waals surface area contributed by atoms with Gasteiger partial charge in [0, 0.05) is 47.0 Å². The maximum absolute atomic E-state index is 5.44. The summed E-state index contributed by atoms with van der Waals surface area (Å²) < 4.78 is 15.7. The predicted molar refractivity (Wildman–Crippen MR) is 112 cm³/mol. The highest BCUT2D eigenvalue weighted by molar-refractivity contribution is 14.0. The number of likely N-dealkylation sites (N-methyl/N-ethyl adjacent to an activating group) is 1. The molecule has 1 unspecified atom stereocenters. The van der Waals surface area contributed by atoms with Gasteiger partial charge >= 0.3 is 0 Å². The molecule has 9 nitrogen and oxygen atoms in total. The van der Waals surface area contributed by atoms with E-state index in [1.807, 2.05) is 13.8 Å². The smallest absolute Gasteiger partial charge is 0.246 e. The molecule has 1 rings (SSSR count). The fourth-order valence-electron chi connectivity index (χ4n) is 2.17. The van der Waals surface area contributed by atoms with Crippen LogP contribution in [0.3, 0.4) is 0 Å². The third kappa shape index (κ3) is 10.2. The highest BCUT2D eigenvalue weighted by Crippen LogP contribution is 2.12. The van der Waals surface area contributed by atoms with E-state index in [2.05, 4.69) is 37.7 Å². The SMILES string of the molecule is CCOC(C)c1noc(CNC(=NC)NCCN(C)CCCOC)n1.I. The minimum absolute atomic E-state index is 0. The van der Waals surface area contributed by atoms with Gasteiger partial charge in [0.05, 0.1) is 6.54 Å². The van der Waals surface area contributed by atoms with E-state index in [0.29, 0.717) is 30.8 Å². The Morgan fingerprint density at radius 3 is 2.77 bits per heavy atom. The molecule has 0 spiro atoms. The fraction of sp³-hybridized carbons (Fsp3) is 0.812. The summed E-state index contributed by atoms with van der Waals surface area (Å²) in [5.41, 5.74) is 0. The lowest BCUT2D eigenvalue weighted by atomic mass is 10.4. The molecule has 1 aromatic heterocycles. The molecule has 10 heteroatoms. The van der Waals surface area contributed by atoms with Crippen molar-refractivity contribution in [2.45, 2.75) is 32.9 Å². The molecular weight excluding hydrogens is 451 g/mol. The molecule has 1 atom stereocenters. The van der Waals surface area contributed by atoms with E-state index in [4.69, 9.17) is 14.0 Å². The number of hydrogen-bond acceptors (Lipinski definition) is 7. The topological polar surface area (TPSA) is 97.0 Å². The second-order valence-electron chi connectivity index (χ2n) is 5.65. The number of aliphatic imine (C=N–C) groups is 1. The van der Waals surface area contributed by atoms with Gasteiger partial charge in [-0.05, 0) is 27.3 Å². The van der Waals surface area contributed by atoms with Crippen molar-refractivity contribution in [1.29, 1.82) is 0 Å². The normalized spacial score (nSPS) is 12.8. The number of rotatable bonds is 12. The molecule has 0 bridgehead atoms. The molecule has 0 aliphatic heterocycles. The van der Waals surface area contributed by atoms with Crippen LogP contribution in [0.5, 0.6) is 0 Å². The van der Waals surface area contributed by atoms with Crippen LogP contribution >= 0.6 is 24.0 Å². The number of nitrogens with one attached hydrogen (secondary N) is 2. The molecule has 0 aliphatic rings. The van der Waals surface area contributed by atoms with Crippen LogP contribution in [0.1, 0.15) is 38.1 Å². The maximum Gasteiger partial charge on any atom is 0.246 e. The quantitative estimate of drug-likeness (QED) is 0.199. The highest BCUT2D eigenvalue weighted by Gasteiger charge is 2.13. The van der Waals surface area contributed by atoms with Gasteiger partial charge in [-0.25, -0.2) is 0 Å². The van der Waals surface area contributed by atoms with Crippen molar-refractivity contribution in [2.24, 2.45) is 4.99 Å². The van der Waals surface area contributed by atoms with Gasteiger partial charge in [-0.15, -0.1) is 24.0 Å². The van der Waals surface area contributed by atoms with Crippen LogP contribution in [0.15, 0.2) is 9.52 Å². The van der Waals surface area contributed by atoms with Gasteiger partial charge in [0.1, 0.15) is 6.10 Å².